The third-order valence-corrected chi connectivity index (χ3v) is 4.99. The van der Waals surface area contributed by atoms with Gasteiger partial charge in [0.05, 0.1) is 9.82 Å². The number of benzene rings is 3. The summed E-state index contributed by atoms with van der Waals surface area (Å²) in [4.78, 5) is 10.3. The summed E-state index contributed by atoms with van der Waals surface area (Å²) in [6, 6.07) is 11.2. The van der Waals surface area contributed by atoms with E-state index in [-0.39, 0.29) is 33.1 Å². The summed E-state index contributed by atoms with van der Waals surface area (Å²) in [5.41, 5.74) is 0.501. The van der Waals surface area contributed by atoms with Crippen LogP contribution in [0.3, 0.4) is 0 Å². The number of nitro benzene ring substituents is 1. The Kier molecular flexibility index (Phi) is 5.08. The minimum Gasteiger partial charge on any atom is -0.506 e. The van der Waals surface area contributed by atoms with Crippen molar-refractivity contribution in [1.29, 1.82) is 0 Å². The molecule has 0 radical (unpaired) electrons. The molecule has 144 valence electrons. The number of azo groups is 1. The summed E-state index contributed by atoms with van der Waals surface area (Å²) in [7, 11) is -4.46. The fraction of sp³-hybridized carbons (Fsp3) is 0.111. The van der Waals surface area contributed by atoms with Gasteiger partial charge >= 0.3 is 0 Å². The van der Waals surface area contributed by atoms with Gasteiger partial charge in [0.2, 0.25) is 0 Å². The molecule has 0 heterocycles. The lowest BCUT2D eigenvalue weighted by Crippen LogP contribution is -1.97. The molecule has 0 bridgehead atoms. The number of phenolic OH excluding ortho intramolecular Hbond substituents is 1. The monoisotopic (exact) mass is 401 g/mol. The molecule has 9 nitrogen and oxygen atoms in total. The first-order valence-electron chi connectivity index (χ1n) is 8.13. The fourth-order valence-electron chi connectivity index (χ4n) is 2.66. The van der Waals surface area contributed by atoms with Crippen molar-refractivity contribution < 1.29 is 23.0 Å². The van der Waals surface area contributed by atoms with Gasteiger partial charge in [-0.3, -0.25) is 14.7 Å². The van der Waals surface area contributed by atoms with Crippen LogP contribution in [0.25, 0.3) is 10.8 Å². The largest absolute Gasteiger partial charge is 0.506 e. The predicted octanol–water partition coefficient (Wildman–Crippen LogP) is 4.68. The van der Waals surface area contributed by atoms with Gasteiger partial charge in [-0.25, -0.2) is 0 Å². The van der Waals surface area contributed by atoms with E-state index in [2.05, 4.69) is 10.2 Å². The first-order chi connectivity index (χ1) is 13.2. The molecule has 0 aliphatic carbocycles. The van der Waals surface area contributed by atoms with E-state index in [9.17, 15) is 28.2 Å². The Labute approximate surface area is 159 Å². The number of nitro groups is 1. The first kappa shape index (κ1) is 19.4. The first-order valence-corrected chi connectivity index (χ1v) is 9.57. The van der Waals surface area contributed by atoms with Crippen molar-refractivity contribution in [3.63, 3.8) is 0 Å². The van der Waals surface area contributed by atoms with Crippen LogP contribution in [0.15, 0.2) is 63.7 Å². The van der Waals surface area contributed by atoms with Crippen LogP contribution in [-0.4, -0.2) is 23.0 Å². The van der Waals surface area contributed by atoms with E-state index in [4.69, 9.17) is 0 Å². The highest BCUT2D eigenvalue weighted by Gasteiger charge is 2.16. The van der Waals surface area contributed by atoms with Crippen LogP contribution in [0.5, 0.6) is 5.75 Å². The summed E-state index contributed by atoms with van der Waals surface area (Å²) in [5.74, 6) is -0.293. The molecular weight excluding hydrogens is 386 g/mol. The van der Waals surface area contributed by atoms with Gasteiger partial charge in [0.15, 0.2) is 5.69 Å². The third kappa shape index (κ3) is 3.82. The Hall–Kier alpha value is -3.37. The van der Waals surface area contributed by atoms with Gasteiger partial charge in [0.1, 0.15) is 11.4 Å². The van der Waals surface area contributed by atoms with Gasteiger partial charge in [-0.2, -0.15) is 8.42 Å². The van der Waals surface area contributed by atoms with Crippen LogP contribution in [0, 0.1) is 10.1 Å². The highest BCUT2D eigenvalue weighted by molar-refractivity contribution is 7.85. The van der Waals surface area contributed by atoms with Crippen LogP contribution in [0.2, 0.25) is 0 Å². The second-order valence-corrected chi connectivity index (χ2v) is 7.35. The van der Waals surface area contributed by atoms with Gasteiger partial charge < -0.3 is 5.11 Å². The summed E-state index contributed by atoms with van der Waals surface area (Å²) in [5, 5.41) is 30.0. The van der Waals surface area contributed by atoms with Crippen molar-refractivity contribution in [3.8, 4) is 5.75 Å². The molecule has 0 fully saturated rings. The number of aryl methyl sites for hydroxylation is 1. The van der Waals surface area contributed by atoms with E-state index in [1.807, 2.05) is 6.92 Å². The molecule has 0 atom stereocenters. The lowest BCUT2D eigenvalue weighted by Gasteiger charge is -2.06. The van der Waals surface area contributed by atoms with Crippen molar-refractivity contribution in [1.82, 2.24) is 0 Å². The second-order valence-electron chi connectivity index (χ2n) is 5.93. The number of hydrogen-bond donors (Lipinski definition) is 2. The molecule has 0 unspecified atom stereocenters. The average molecular weight is 401 g/mol. The minimum atomic E-state index is -4.46. The zero-order valence-corrected chi connectivity index (χ0v) is 15.4. The maximum absolute atomic E-state index is 11.4. The van der Waals surface area contributed by atoms with E-state index < -0.39 is 15.0 Å². The molecule has 0 aliphatic rings. The highest BCUT2D eigenvalue weighted by atomic mass is 32.2. The molecule has 0 saturated carbocycles. The highest BCUT2D eigenvalue weighted by Crippen LogP contribution is 2.38. The van der Waals surface area contributed by atoms with Crippen LogP contribution >= 0.6 is 0 Å². The van der Waals surface area contributed by atoms with Gasteiger partial charge in [-0.05, 0) is 41.6 Å². The van der Waals surface area contributed by atoms with Crippen molar-refractivity contribution in [2.24, 2.45) is 10.2 Å². The Morgan fingerprint density at radius 3 is 2.43 bits per heavy atom. The molecule has 0 saturated heterocycles. The zero-order valence-electron chi connectivity index (χ0n) is 14.6. The molecule has 3 aromatic carbocycles. The van der Waals surface area contributed by atoms with Gasteiger partial charge in [0.25, 0.3) is 15.8 Å². The van der Waals surface area contributed by atoms with E-state index in [1.54, 1.807) is 6.07 Å². The lowest BCUT2D eigenvalue weighted by atomic mass is 10.1. The van der Waals surface area contributed by atoms with E-state index in [1.165, 1.54) is 36.4 Å². The molecule has 0 aliphatic heterocycles. The third-order valence-electron chi connectivity index (χ3n) is 4.14. The molecular formula is C18H15N3O6S. The summed E-state index contributed by atoms with van der Waals surface area (Å²) in [6.07, 6.45) is 0.637. The van der Waals surface area contributed by atoms with Crippen molar-refractivity contribution in [3.05, 3.63) is 64.2 Å². The smallest absolute Gasteiger partial charge is 0.296 e. The molecule has 28 heavy (non-hydrogen) atoms. The van der Waals surface area contributed by atoms with Crippen LogP contribution in [0.1, 0.15) is 12.5 Å². The predicted molar refractivity (Wildman–Crippen MR) is 102 cm³/mol. The molecule has 3 aromatic rings. The SMILES string of the molecule is CCc1ccc([N+](=O)[O-])c(N=Nc2c(O)ccc3ccc(S(=O)(=O)O)cc23)c1. The molecule has 0 aromatic heterocycles. The molecule has 10 heteroatoms. The Bertz CT molecular complexity index is 1220. The van der Waals surface area contributed by atoms with E-state index in [0.717, 1.165) is 11.6 Å². The lowest BCUT2D eigenvalue weighted by molar-refractivity contribution is -0.384. The summed E-state index contributed by atoms with van der Waals surface area (Å²) < 4.78 is 32.1. The number of phenols is 1. The maximum atomic E-state index is 11.4. The van der Waals surface area contributed by atoms with E-state index >= 15 is 0 Å². The summed E-state index contributed by atoms with van der Waals surface area (Å²) >= 11 is 0. The number of nitrogens with zero attached hydrogens (tertiary/aromatic N) is 3. The van der Waals surface area contributed by atoms with E-state index in [0.29, 0.717) is 11.8 Å². The normalized spacial score (nSPS) is 11.9. The van der Waals surface area contributed by atoms with Crippen molar-refractivity contribution in [2.75, 3.05) is 0 Å². The van der Waals surface area contributed by atoms with Crippen molar-refractivity contribution >= 4 is 38.0 Å². The number of fused-ring (bicyclic) bond motifs is 1. The zero-order chi connectivity index (χ0) is 20.5. The average Bonchev–Trinajstić information content (AvgIpc) is 2.65. The van der Waals surface area contributed by atoms with Gasteiger partial charge in [-0.15, -0.1) is 10.2 Å². The topological polar surface area (TPSA) is 142 Å². The molecule has 0 amide bonds. The summed E-state index contributed by atoms with van der Waals surface area (Å²) in [6.45, 7) is 1.88. The second kappa shape index (κ2) is 7.33. The minimum absolute atomic E-state index is 0.00619. The molecule has 2 N–H and O–H groups in total. The van der Waals surface area contributed by atoms with Gasteiger partial charge in [0, 0.05) is 11.5 Å². The molecule has 0 spiro atoms. The Balaban J connectivity index is 2.19. The standard InChI is InChI=1S/C18H15N3O6S/c1-2-11-3-7-16(21(23)24)15(9-11)19-20-18-14-10-13(28(25,26)27)6-4-12(14)5-8-17(18)22/h3-10,22H,2H2,1H3,(H,25,26,27). The number of aromatic hydroxyl groups is 1. The van der Waals surface area contributed by atoms with Crippen LogP contribution in [0.4, 0.5) is 17.1 Å². The fourth-order valence-corrected chi connectivity index (χ4v) is 3.17. The maximum Gasteiger partial charge on any atom is 0.296 e. The number of rotatable bonds is 5. The van der Waals surface area contributed by atoms with Crippen LogP contribution < -0.4 is 0 Å². The van der Waals surface area contributed by atoms with Gasteiger partial charge in [-0.1, -0.05) is 25.1 Å². The Morgan fingerprint density at radius 1 is 1.07 bits per heavy atom. The quantitative estimate of drug-likeness (QED) is 0.275. The van der Waals surface area contributed by atoms with Crippen molar-refractivity contribution in [2.45, 2.75) is 18.2 Å². The molecule has 3 rings (SSSR count). The Morgan fingerprint density at radius 2 is 1.79 bits per heavy atom. The van der Waals surface area contributed by atoms with Crippen LogP contribution in [-0.2, 0) is 16.5 Å². The number of hydrogen-bond acceptors (Lipinski definition) is 7.